The topological polar surface area (TPSA) is 114 Å². The minimum Gasteiger partial charge on any atom is -0.434 e. The summed E-state index contributed by atoms with van der Waals surface area (Å²) in [6, 6.07) is 4.96. The fraction of sp³-hybridized carbons (Fsp3) is 0.429. The van der Waals surface area contributed by atoms with Gasteiger partial charge in [-0.2, -0.15) is 0 Å². The molecular formula is C14H15NO8. The van der Waals surface area contributed by atoms with E-state index in [0.29, 0.717) is 0 Å². The van der Waals surface area contributed by atoms with E-state index in [1.807, 2.05) is 0 Å². The molecule has 1 aliphatic rings. The van der Waals surface area contributed by atoms with Gasteiger partial charge in [-0.05, 0) is 12.1 Å². The molecule has 0 saturated carbocycles. The van der Waals surface area contributed by atoms with E-state index in [0.717, 1.165) is 0 Å². The summed E-state index contributed by atoms with van der Waals surface area (Å²) in [6.07, 6.45) is -1.64. The Kier molecular flexibility index (Phi) is 4.80. The minimum absolute atomic E-state index is 0.0956. The number of esters is 1. The van der Waals surface area contributed by atoms with Crippen molar-refractivity contribution in [3.05, 3.63) is 34.4 Å². The molecule has 0 aliphatic carbocycles. The van der Waals surface area contributed by atoms with Gasteiger partial charge in [0.05, 0.1) is 11.5 Å². The van der Waals surface area contributed by atoms with Crippen molar-refractivity contribution >= 4 is 17.8 Å². The van der Waals surface area contributed by atoms with E-state index in [1.165, 1.54) is 24.3 Å². The minimum atomic E-state index is -0.985. The number of nitro benzene ring substituents is 1. The maximum Gasteiger partial charge on any atom is 0.513 e. The first-order valence-electron chi connectivity index (χ1n) is 6.76. The van der Waals surface area contributed by atoms with Gasteiger partial charge in [-0.3, -0.25) is 10.1 Å². The standard InChI is InChI=1S/C14H15NO8/c1-14(2)22-11(12(16)23-14)7-8-20-13(17)21-10-5-3-9(4-6-10)15(18)19/h3-6,11H,7-8H2,1-2H3/t11-/m0/s1. The fourth-order valence-corrected chi connectivity index (χ4v) is 1.91. The number of hydrogen-bond donors (Lipinski definition) is 0. The molecule has 0 spiro atoms. The van der Waals surface area contributed by atoms with Crippen molar-refractivity contribution in [2.45, 2.75) is 32.2 Å². The molecule has 1 atom stereocenters. The summed E-state index contributed by atoms with van der Waals surface area (Å²) in [5.74, 6) is -1.39. The molecule has 1 aliphatic heterocycles. The van der Waals surface area contributed by atoms with Gasteiger partial charge >= 0.3 is 12.1 Å². The number of nitrogens with zero attached hydrogens (tertiary/aromatic N) is 1. The fourth-order valence-electron chi connectivity index (χ4n) is 1.91. The number of non-ortho nitro benzene ring substituents is 1. The second-order valence-electron chi connectivity index (χ2n) is 5.17. The summed E-state index contributed by atoms with van der Waals surface area (Å²) in [4.78, 5) is 32.9. The largest absolute Gasteiger partial charge is 0.513 e. The summed E-state index contributed by atoms with van der Waals surface area (Å²) >= 11 is 0. The van der Waals surface area contributed by atoms with Crippen LogP contribution in [0, 0.1) is 10.1 Å². The molecule has 2 rings (SSSR count). The molecule has 23 heavy (non-hydrogen) atoms. The average Bonchev–Trinajstić information content (AvgIpc) is 2.72. The number of benzene rings is 1. The molecule has 9 heteroatoms. The normalized spacial score (nSPS) is 19.0. The monoisotopic (exact) mass is 325 g/mol. The van der Waals surface area contributed by atoms with Crippen LogP contribution in [0.2, 0.25) is 0 Å². The first-order chi connectivity index (χ1) is 10.8. The number of carbonyl (C=O) groups excluding carboxylic acids is 2. The molecule has 1 saturated heterocycles. The first-order valence-corrected chi connectivity index (χ1v) is 6.76. The van der Waals surface area contributed by atoms with Crippen molar-refractivity contribution in [2.24, 2.45) is 0 Å². The molecule has 124 valence electrons. The SMILES string of the molecule is CC1(C)OC(=O)[C@H](CCOC(=O)Oc2ccc([N+](=O)[O-])cc2)O1. The van der Waals surface area contributed by atoms with E-state index in [-0.39, 0.29) is 24.5 Å². The molecule has 0 N–H and O–H groups in total. The lowest BCUT2D eigenvalue weighted by molar-refractivity contribution is -0.384. The van der Waals surface area contributed by atoms with Gasteiger partial charge in [0.1, 0.15) is 5.75 Å². The lowest BCUT2D eigenvalue weighted by Crippen LogP contribution is -2.23. The van der Waals surface area contributed by atoms with Crippen LogP contribution in [-0.2, 0) is 19.0 Å². The summed E-state index contributed by atoms with van der Waals surface area (Å²) < 4.78 is 19.9. The summed E-state index contributed by atoms with van der Waals surface area (Å²) in [6.45, 7) is 3.12. The Morgan fingerprint density at radius 2 is 2.00 bits per heavy atom. The van der Waals surface area contributed by atoms with E-state index < -0.39 is 28.9 Å². The molecule has 0 unspecified atom stereocenters. The predicted octanol–water partition coefficient (Wildman–Crippen LogP) is 2.18. The Balaban J connectivity index is 1.75. The van der Waals surface area contributed by atoms with E-state index in [4.69, 9.17) is 18.9 Å². The Morgan fingerprint density at radius 1 is 1.35 bits per heavy atom. The smallest absolute Gasteiger partial charge is 0.434 e. The Morgan fingerprint density at radius 3 is 2.52 bits per heavy atom. The van der Waals surface area contributed by atoms with Crippen molar-refractivity contribution in [3.63, 3.8) is 0 Å². The van der Waals surface area contributed by atoms with Gasteiger partial charge in [0, 0.05) is 32.4 Å². The van der Waals surface area contributed by atoms with Gasteiger partial charge in [-0.15, -0.1) is 0 Å². The molecule has 1 aromatic carbocycles. The second kappa shape index (κ2) is 6.61. The van der Waals surface area contributed by atoms with Gasteiger partial charge in [-0.1, -0.05) is 0 Å². The number of cyclic esters (lactones) is 1. The van der Waals surface area contributed by atoms with Crippen LogP contribution in [-0.4, -0.2) is 35.5 Å². The number of hydrogen-bond acceptors (Lipinski definition) is 8. The van der Waals surface area contributed by atoms with Crippen LogP contribution in [0.1, 0.15) is 20.3 Å². The Labute approximate surface area is 131 Å². The summed E-state index contributed by atoms with van der Waals surface area (Å²) in [5, 5.41) is 10.5. The van der Waals surface area contributed by atoms with E-state index >= 15 is 0 Å². The van der Waals surface area contributed by atoms with Crippen LogP contribution in [0.4, 0.5) is 10.5 Å². The van der Waals surface area contributed by atoms with Gasteiger partial charge < -0.3 is 18.9 Å². The number of carbonyl (C=O) groups is 2. The first kappa shape index (κ1) is 16.7. The Bertz CT molecular complexity index is 610. The molecule has 9 nitrogen and oxygen atoms in total. The van der Waals surface area contributed by atoms with Crippen LogP contribution in [0.3, 0.4) is 0 Å². The molecule has 0 radical (unpaired) electrons. The highest BCUT2D eigenvalue weighted by atomic mass is 16.8. The van der Waals surface area contributed by atoms with Crippen molar-refractivity contribution in [3.8, 4) is 5.75 Å². The van der Waals surface area contributed by atoms with Gasteiger partial charge in [-0.25, -0.2) is 9.59 Å². The third kappa shape index (κ3) is 4.65. The highest BCUT2D eigenvalue weighted by Gasteiger charge is 2.40. The van der Waals surface area contributed by atoms with E-state index in [1.54, 1.807) is 13.8 Å². The van der Waals surface area contributed by atoms with E-state index in [2.05, 4.69) is 0 Å². The van der Waals surface area contributed by atoms with Crippen LogP contribution in [0.5, 0.6) is 5.75 Å². The molecule has 0 aromatic heterocycles. The van der Waals surface area contributed by atoms with Crippen molar-refractivity contribution in [1.29, 1.82) is 0 Å². The van der Waals surface area contributed by atoms with Crippen LogP contribution < -0.4 is 4.74 Å². The molecular weight excluding hydrogens is 310 g/mol. The maximum atomic E-state index is 11.5. The van der Waals surface area contributed by atoms with Gasteiger partial charge in [0.25, 0.3) is 5.69 Å². The molecule has 0 bridgehead atoms. The predicted molar refractivity (Wildman–Crippen MR) is 74.7 cm³/mol. The zero-order valence-electron chi connectivity index (χ0n) is 12.5. The van der Waals surface area contributed by atoms with Crippen molar-refractivity contribution < 1.29 is 33.5 Å². The second-order valence-corrected chi connectivity index (χ2v) is 5.17. The van der Waals surface area contributed by atoms with E-state index in [9.17, 15) is 19.7 Å². The van der Waals surface area contributed by atoms with Crippen LogP contribution >= 0.6 is 0 Å². The number of nitro groups is 1. The average molecular weight is 325 g/mol. The maximum absolute atomic E-state index is 11.5. The summed E-state index contributed by atoms with van der Waals surface area (Å²) in [5.41, 5.74) is -0.120. The molecule has 0 amide bonds. The summed E-state index contributed by atoms with van der Waals surface area (Å²) in [7, 11) is 0. The van der Waals surface area contributed by atoms with Crippen LogP contribution in [0.25, 0.3) is 0 Å². The molecule has 1 fully saturated rings. The van der Waals surface area contributed by atoms with Crippen molar-refractivity contribution in [2.75, 3.05) is 6.61 Å². The van der Waals surface area contributed by atoms with Crippen LogP contribution in [0.15, 0.2) is 24.3 Å². The highest BCUT2D eigenvalue weighted by Crippen LogP contribution is 2.25. The third-order valence-electron chi connectivity index (χ3n) is 2.88. The van der Waals surface area contributed by atoms with Gasteiger partial charge in [0.15, 0.2) is 6.10 Å². The van der Waals surface area contributed by atoms with Crippen molar-refractivity contribution in [1.82, 2.24) is 0 Å². The molecule has 1 heterocycles. The number of ether oxygens (including phenoxy) is 4. The Hall–Kier alpha value is -2.68. The zero-order chi connectivity index (χ0) is 17.0. The lowest BCUT2D eigenvalue weighted by Gasteiger charge is -2.15. The number of rotatable bonds is 5. The zero-order valence-corrected chi connectivity index (χ0v) is 12.5. The lowest BCUT2D eigenvalue weighted by atomic mass is 10.3. The highest BCUT2D eigenvalue weighted by molar-refractivity contribution is 5.76. The van der Waals surface area contributed by atoms with Gasteiger partial charge in [0.2, 0.25) is 5.79 Å². The molecule has 1 aromatic rings. The third-order valence-corrected chi connectivity index (χ3v) is 2.88. The quantitative estimate of drug-likeness (QED) is 0.350.